The molecule has 27 aliphatic heterocycles. The van der Waals surface area contributed by atoms with E-state index < -0.39 is 245 Å². The molecule has 0 spiro atoms. The number of ether oxygens (including phenoxy) is 16. The molecule has 16 bridgehead atoms. The van der Waals surface area contributed by atoms with E-state index in [0.29, 0.717) is 12.8 Å². The zero-order valence-corrected chi connectivity index (χ0v) is 61.0. The fraction of sp³-hybridized carbons (Fsp3) is 1.00. The van der Waals surface area contributed by atoms with Crippen molar-refractivity contribution >= 4 is 127 Å². The summed E-state index contributed by atoms with van der Waals surface area (Å²) in [6.45, 7) is -0.0293. The Labute approximate surface area is 594 Å². The molecule has 27 rings (SSSR count). The van der Waals surface area contributed by atoms with Gasteiger partial charge in [-0.2, -0.15) is 0 Å². The van der Waals surface area contributed by atoms with E-state index >= 15 is 0 Å². The van der Waals surface area contributed by atoms with Crippen LogP contribution in [0.4, 0.5) is 0 Å². The van der Waals surface area contributed by atoms with Gasteiger partial charge in [0.25, 0.3) is 0 Å². The minimum atomic E-state index is -1.99. The first-order valence-electron chi connectivity index (χ1n) is 29.7. The minimum absolute atomic E-state index is 0.00388. The molecule has 0 radical (unpaired) electrons. The molecule has 40 unspecified atom stereocenters. The molecule has 40 atom stereocenters. The van der Waals surface area contributed by atoms with Crippen molar-refractivity contribution in [2.45, 2.75) is 259 Å². The van der Waals surface area contributed by atoms with Gasteiger partial charge in [0.1, 0.15) is 134 Å². The van der Waals surface area contributed by atoms with Crippen molar-refractivity contribution in [1.29, 1.82) is 0 Å². The van der Waals surface area contributed by atoms with Crippen LogP contribution in [0.5, 0.6) is 0 Å². The molecule has 0 aromatic heterocycles. The molecule has 27 aliphatic rings. The summed E-state index contributed by atoms with van der Waals surface area (Å²) in [7, 11) is 0. The molecule has 0 aliphatic carbocycles. The Bertz CT molecular complexity index is 2240. The van der Waals surface area contributed by atoms with Crippen molar-refractivity contribution in [3.63, 3.8) is 0 Å². The topological polar surface area (TPSA) is 471 Å². The first kappa shape index (κ1) is 78.7. The molecule has 0 amide bonds. The summed E-state index contributed by atoms with van der Waals surface area (Å²) in [4.78, 5) is 0. The lowest BCUT2D eigenvalue weighted by atomic mass is 9.85. The second-order valence-corrected chi connectivity index (χ2v) is 28.8. The number of rotatable bonds is 8. The van der Waals surface area contributed by atoms with E-state index in [1.165, 1.54) is 0 Å². The number of alkyl halides is 8. The fourth-order valence-electron chi connectivity index (χ4n) is 12.6. The summed E-state index contributed by atoms with van der Waals surface area (Å²) in [5, 5.41) is 184. The predicted octanol–water partition coefficient (Wildman–Crippen LogP) is -4.77. The Morgan fingerprint density at radius 1 is 0.207 bits per heavy atom. The van der Waals surface area contributed by atoms with Crippen molar-refractivity contribution in [3.05, 3.63) is 0 Å². The SMILES string of the molecule is OC1C2OC(CBr)C(CCCCOC3OC(CBr)C(OC4OC(CBr)C(OC5OC(CBr)C(OC6OC(CBr)C(OC7OC(CBr)C(OC8OC(CBr)C(OC9OC(CBr)C(O2)C(O)C9O)C(O)C8O)C(O)C7O)C(O)C6O)C(O)C5O)C(O)C4O)C(O)C3O)C1O. The smallest absolute Gasteiger partial charge is 0.187 e. The van der Waals surface area contributed by atoms with Crippen LogP contribution in [-0.2, 0) is 75.8 Å². The third-order valence-corrected chi connectivity index (χ3v) is 22.9. The number of hydrogen-bond acceptors (Lipinski definition) is 32. The quantitative estimate of drug-likeness (QED) is 0.101. The maximum absolute atomic E-state index is 11.7. The van der Waals surface area contributed by atoms with E-state index in [1.807, 2.05) is 0 Å². The highest BCUT2D eigenvalue weighted by molar-refractivity contribution is 9.10. The molecular formula is C52H80Br8O32. The summed E-state index contributed by atoms with van der Waals surface area (Å²) in [5.41, 5.74) is 0. The van der Waals surface area contributed by atoms with Gasteiger partial charge in [-0.3, -0.25) is 0 Å². The summed E-state index contributed by atoms with van der Waals surface area (Å²) in [5.74, 6) is -0.686. The molecule has 0 aromatic rings. The summed E-state index contributed by atoms with van der Waals surface area (Å²) in [6.07, 6.45) is -61.7. The van der Waals surface area contributed by atoms with E-state index in [-0.39, 0.29) is 55.7 Å². The lowest BCUT2D eigenvalue weighted by Gasteiger charge is -2.50. The van der Waals surface area contributed by atoms with Crippen molar-refractivity contribution in [1.82, 2.24) is 0 Å². The molecule has 27 fully saturated rings. The van der Waals surface area contributed by atoms with Crippen LogP contribution in [0, 0.1) is 5.92 Å². The monoisotopic (exact) mass is 1850 g/mol. The van der Waals surface area contributed by atoms with Gasteiger partial charge in [-0.05, 0) is 12.8 Å². The molecule has 32 nitrogen and oxygen atoms in total. The first-order valence-corrected chi connectivity index (χ1v) is 38.7. The van der Waals surface area contributed by atoms with Crippen LogP contribution in [0.15, 0.2) is 0 Å². The van der Waals surface area contributed by atoms with E-state index in [9.17, 15) is 81.7 Å². The molecule has 16 N–H and O–H groups in total. The average molecular weight is 1860 g/mol. The largest absolute Gasteiger partial charge is 0.390 e. The summed E-state index contributed by atoms with van der Waals surface area (Å²) < 4.78 is 96.9. The molecule has 27 saturated heterocycles. The van der Waals surface area contributed by atoms with Crippen LogP contribution in [0.25, 0.3) is 0 Å². The van der Waals surface area contributed by atoms with E-state index in [1.54, 1.807) is 0 Å². The lowest BCUT2D eigenvalue weighted by molar-refractivity contribution is -0.391. The van der Waals surface area contributed by atoms with Gasteiger partial charge in [-0.15, -0.1) is 0 Å². The van der Waals surface area contributed by atoms with Crippen LogP contribution in [-0.4, -0.2) is 370 Å². The second kappa shape index (κ2) is 35.4. The average Bonchev–Trinajstić information content (AvgIpc) is 0.813. The number of aliphatic hydroxyl groups excluding tert-OH is 16. The molecule has 0 aromatic carbocycles. The third kappa shape index (κ3) is 16.9. The Hall–Kier alpha value is 2.56. The number of halogens is 8. The highest BCUT2D eigenvalue weighted by Crippen LogP contribution is 2.41. The molecule has 536 valence electrons. The zero-order valence-electron chi connectivity index (χ0n) is 48.3. The third-order valence-electron chi connectivity index (χ3n) is 17.8. The summed E-state index contributed by atoms with van der Waals surface area (Å²) in [6, 6.07) is 0. The van der Waals surface area contributed by atoms with Crippen LogP contribution in [0.1, 0.15) is 19.3 Å². The number of hydrogen-bond donors (Lipinski definition) is 16. The van der Waals surface area contributed by atoms with Gasteiger partial charge in [0.2, 0.25) is 0 Å². The first-order chi connectivity index (χ1) is 43.9. The predicted molar refractivity (Wildman–Crippen MR) is 333 cm³/mol. The van der Waals surface area contributed by atoms with Crippen LogP contribution in [0.3, 0.4) is 0 Å². The minimum Gasteiger partial charge on any atom is -0.390 e. The van der Waals surface area contributed by atoms with Crippen LogP contribution >= 0.6 is 127 Å². The lowest BCUT2D eigenvalue weighted by Crippen LogP contribution is -2.68. The normalized spacial score (nSPS) is 54.0. The van der Waals surface area contributed by atoms with Gasteiger partial charge >= 0.3 is 0 Å². The molecule has 27 heterocycles. The Morgan fingerprint density at radius 3 is 0.609 bits per heavy atom. The van der Waals surface area contributed by atoms with Crippen molar-refractivity contribution < 1.29 is 157 Å². The van der Waals surface area contributed by atoms with Gasteiger partial charge in [0, 0.05) is 55.2 Å². The van der Waals surface area contributed by atoms with Gasteiger partial charge in [-0.25, -0.2) is 0 Å². The zero-order chi connectivity index (χ0) is 66.9. The summed E-state index contributed by atoms with van der Waals surface area (Å²) >= 11 is 26.7. The maximum atomic E-state index is 11.7. The Kier molecular flexibility index (Phi) is 30.2. The van der Waals surface area contributed by atoms with E-state index in [4.69, 9.17) is 75.8 Å². The Balaban J connectivity index is 0.933. The standard InChI is InChI=1S/C52H80Br8O32/c53-5-14-13-3-1-2-4-77-45-31(70)23(62)38(15(6-54)79-45)87-47-33(72)25(64)40(17(8-56)81-47)89-49-35(74)27(66)42(19(10-58)83-49)91-51-37(76)29(68)44(21(12-60)85-51)92-52-36(75)28(67)43(20(11-59)84-52)90-50-34(73)26(65)41(18(9-57)82-50)88-48-32(71)24(63)39(16(7-55)80-48)86-46(78-14)30(69)22(13)61/h13-52,61-76H,1-12H2. The number of aliphatic hydroxyl groups is 16. The van der Waals surface area contributed by atoms with E-state index in [0.717, 1.165) is 0 Å². The van der Waals surface area contributed by atoms with Gasteiger partial charge in [-0.1, -0.05) is 134 Å². The van der Waals surface area contributed by atoms with E-state index in [2.05, 4.69) is 127 Å². The van der Waals surface area contributed by atoms with Crippen molar-refractivity contribution in [2.24, 2.45) is 5.92 Å². The maximum Gasteiger partial charge on any atom is 0.187 e. The van der Waals surface area contributed by atoms with Crippen LogP contribution in [0.2, 0.25) is 0 Å². The van der Waals surface area contributed by atoms with Crippen molar-refractivity contribution in [3.8, 4) is 0 Å². The van der Waals surface area contributed by atoms with Gasteiger partial charge < -0.3 is 157 Å². The molecule has 92 heavy (non-hydrogen) atoms. The highest BCUT2D eigenvalue weighted by atomic mass is 79.9. The van der Waals surface area contributed by atoms with Crippen LogP contribution < -0.4 is 0 Å². The molecule has 0 saturated carbocycles. The molecular weight excluding hydrogens is 1780 g/mol. The molecule has 40 heteroatoms. The van der Waals surface area contributed by atoms with Crippen molar-refractivity contribution in [2.75, 3.05) is 49.2 Å². The Morgan fingerprint density at radius 2 is 0.391 bits per heavy atom. The van der Waals surface area contributed by atoms with Gasteiger partial charge in [0.05, 0.1) is 54.9 Å². The fourth-order valence-corrected chi connectivity index (χ4v) is 16.9. The highest BCUT2D eigenvalue weighted by Gasteiger charge is 2.59. The van der Waals surface area contributed by atoms with Gasteiger partial charge in [0.15, 0.2) is 50.3 Å². The second-order valence-electron chi connectivity index (χ2n) is 23.7.